The van der Waals surface area contributed by atoms with E-state index in [-0.39, 0.29) is 0 Å². The molecule has 0 amide bonds. The Kier molecular flexibility index (Phi) is 65.8. The summed E-state index contributed by atoms with van der Waals surface area (Å²) in [5.41, 5.74) is 1.71. The lowest BCUT2D eigenvalue weighted by Crippen LogP contribution is -2.32. The quantitative estimate of drug-likeness (QED) is 0.249. The van der Waals surface area contributed by atoms with Gasteiger partial charge in [-0.3, -0.25) is 0 Å². The summed E-state index contributed by atoms with van der Waals surface area (Å²) in [5.74, 6) is 1.68. The van der Waals surface area contributed by atoms with Gasteiger partial charge in [0.05, 0.1) is 0 Å². The molecule has 0 aromatic rings. The van der Waals surface area contributed by atoms with Crippen LogP contribution in [-0.4, -0.2) is 30.2 Å². The lowest BCUT2D eigenvalue weighted by atomic mass is 9.92. The average Bonchev–Trinajstić information content (AvgIpc) is 3.46. The number of halogens is 1. The van der Waals surface area contributed by atoms with E-state index in [4.69, 9.17) is 0 Å². The van der Waals surface area contributed by atoms with Crippen LogP contribution >= 0.6 is 0 Å². The Hall–Kier alpha value is -1.15. The van der Waals surface area contributed by atoms with Gasteiger partial charge in [-0.05, 0) is 116 Å². The van der Waals surface area contributed by atoms with Crippen LogP contribution in [0.3, 0.4) is 0 Å². The third-order valence-electron chi connectivity index (χ3n) is 6.65. The van der Waals surface area contributed by atoms with E-state index in [1.165, 1.54) is 37.8 Å². The van der Waals surface area contributed by atoms with E-state index in [1.807, 2.05) is 88.3 Å². The molecule has 1 fully saturated rings. The van der Waals surface area contributed by atoms with Gasteiger partial charge in [0, 0.05) is 6.04 Å². The van der Waals surface area contributed by atoms with Crippen molar-refractivity contribution >= 4 is 0 Å². The Labute approximate surface area is 290 Å². The lowest BCUT2D eigenvalue weighted by molar-refractivity contribution is 0.205. The summed E-state index contributed by atoms with van der Waals surface area (Å²) in [6, 6.07) is 0.868. The maximum atomic E-state index is 13.0. The van der Waals surface area contributed by atoms with Crippen molar-refractivity contribution in [3.8, 4) is 0 Å². The summed E-state index contributed by atoms with van der Waals surface area (Å²) in [5, 5.41) is 0. The third kappa shape index (κ3) is 58.9. The SMILES string of the molecule is C/C=C(/CC)C(C)(C)F.C/C=C(\C)C(C)C.C=CC.C=CCC.CC.CC.CC.CC.CC1CCC(N(C)CCC(C)(C)C)C1. The minimum atomic E-state index is -1.12. The molecule has 45 heavy (non-hydrogen) atoms. The molecule has 0 aromatic carbocycles. The molecule has 0 radical (unpaired) electrons. The fraction of sp³-hybridized carbons (Fsp3) is 0.814. The molecule has 0 saturated heterocycles. The van der Waals surface area contributed by atoms with Gasteiger partial charge < -0.3 is 4.90 Å². The molecule has 0 bridgehead atoms. The molecule has 1 saturated carbocycles. The molecule has 2 unspecified atom stereocenters. The van der Waals surface area contributed by atoms with Crippen LogP contribution in [0.5, 0.6) is 0 Å². The zero-order valence-corrected chi connectivity index (χ0v) is 36.2. The maximum Gasteiger partial charge on any atom is 0.126 e. The molecule has 1 aliphatic rings. The number of alkyl halides is 1. The average molecular weight is 644 g/mol. The highest BCUT2D eigenvalue weighted by atomic mass is 19.1. The maximum absolute atomic E-state index is 13.0. The molecular weight excluding hydrogens is 549 g/mol. The highest BCUT2D eigenvalue weighted by Crippen LogP contribution is 2.29. The Morgan fingerprint density at radius 3 is 1.36 bits per heavy atom. The van der Waals surface area contributed by atoms with Crippen molar-refractivity contribution in [2.75, 3.05) is 13.6 Å². The largest absolute Gasteiger partial charge is 0.303 e. The molecule has 0 N–H and O–H groups in total. The van der Waals surface area contributed by atoms with E-state index in [0.29, 0.717) is 5.41 Å². The fourth-order valence-corrected chi connectivity index (χ4v) is 3.57. The molecule has 0 aromatic heterocycles. The van der Waals surface area contributed by atoms with Crippen molar-refractivity contribution in [2.45, 2.75) is 203 Å². The number of hydrogen-bond donors (Lipinski definition) is 0. The summed E-state index contributed by atoms with van der Waals surface area (Å²) >= 11 is 0. The zero-order chi connectivity index (χ0) is 38.2. The van der Waals surface area contributed by atoms with Crippen molar-refractivity contribution < 1.29 is 4.39 Å². The highest BCUT2D eigenvalue weighted by molar-refractivity contribution is 5.11. The molecule has 1 nitrogen and oxygen atoms in total. The van der Waals surface area contributed by atoms with Crippen LogP contribution in [0.4, 0.5) is 4.39 Å². The minimum Gasteiger partial charge on any atom is -0.303 e. The molecule has 278 valence electrons. The van der Waals surface area contributed by atoms with Crippen molar-refractivity contribution in [1.29, 1.82) is 0 Å². The first-order valence-corrected chi connectivity index (χ1v) is 18.8. The van der Waals surface area contributed by atoms with Gasteiger partial charge in [-0.25, -0.2) is 4.39 Å². The van der Waals surface area contributed by atoms with Crippen molar-refractivity contribution in [1.82, 2.24) is 4.90 Å². The van der Waals surface area contributed by atoms with E-state index >= 15 is 0 Å². The first kappa shape index (κ1) is 62.6. The van der Waals surface area contributed by atoms with Crippen molar-refractivity contribution in [3.05, 3.63) is 48.6 Å². The van der Waals surface area contributed by atoms with Crippen LogP contribution in [-0.2, 0) is 0 Å². The van der Waals surface area contributed by atoms with E-state index in [1.54, 1.807) is 19.9 Å². The predicted molar refractivity (Wildman–Crippen MR) is 219 cm³/mol. The third-order valence-corrected chi connectivity index (χ3v) is 6.65. The fourth-order valence-electron chi connectivity index (χ4n) is 3.57. The van der Waals surface area contributed by atoms with Gasteiger partial charge in [-0.1, -0.05) is 141 Å². The molecular formula is C43H94FN. The van der Waals surface area contributed by atoms with Gasteiger partial charge in [0.25, 0.3) is 0 Å². The molecule has 0 heterocycles. The number of rotatable bonds is 7. The second-order valence-corrected chi connectivity index (χ2v) is 12.3. The summed E-state index contributed by atoms with van der Waals surface area (Å²) in [7, 11) is 2.30. The summed E-state index contributed by atoms with van der Waals surface area (Å²) in [4.78, 5) is 2.58. The second-order valence-electron chi connectivity index (χ2n) is 12.3. The van der Waals surface area contributed by atoms with Gasteiger partial charge >= 0.3 is 0 Å². The zero-order valence-electron chi connectivity index (χ0n) is 36.2. The Bertz CT molecular complexity index is 584. The Balaban J connectivity index is -0.0000000645. The molecule has 0 spiro atoms. The lowest BCUT2D eigenvalue weighted by Gasteiger charge is -2.28. The Morgan fingerprint density at radius 2 is 1.22 bits per heavy atom. The van der Waals surface area contributed by atoms with Gasteiger partial charge in [0.2, 0.25) is 0 Å². The summed E-state index contributed by atoms with van der Waals surface area (Å²) in [6.07, 6.45) is 15.1. The van der Waals surface area contributed by atoms with Gasteiger partial charge in [-0.15, -0.1) is 13.2 Å². The number of nitrogens with zero attached hydrogens (tertiary/aromatic N) is 1. The Morgan fingerprint density at radius 1 is 0.844 bits per heavy atom. The van der Waals surface area contributed by atoms with Crippen molar-refractivity contribution in [3.63, 3.8) is 0 Å². The van der Waals surface area contributed by atoms with Crippen LogP contribution in [0.1, 0.15) is 191 Å². The van der Waals surface area contributed by atoms with E-state index in [9.17, 15) is 4.39 Å². The first-order valence-electron chi connectivity index (χ1n) is 18.8. The number of hydrogen-bond acceptors (Lipinski definition) is 1. The molecule has 1 rings (SSSR count). The van der Waals surface area contributed by atoms with Crippen molar-refractivity contribution in [2.24, 2.45) is 17.3 Å². The normalized spacial score (nSPS) is 15.2. The van der Waals surface area contributed by atoms with E-state index in [2.05, 4.69) is 93.5 Å². The van der Waals surface area contributed by atoms with Crippen LogP contribution in [0.2, 0.25) is 0 Å². The molecule has 1 aliphatic carbocycles. The topological polar surface area (TPSA) is 3.24 Å². The summed E-state index contributed by atoms with van der Waals surface area (Å²) < 4.78 is 13.0. The molecule has 2 heteroatoms. The van der Waals surface area contributed by atoms with E-state index in [0.717, 1.165) is 36.3 Å². The molecule has 2 atom stereocenters. The summed E-state index contributed by atoms with van der Waals surface area (Å²) in [6.45, 7) is 53.1. The van der Waals surface area contributed by atoms with Gasteiger partial charge in [0.15, 0.2) is 0 Å². The van der Waals surface area contributed by atoms with Crippen LogP contribution in [0, 0.1) is 17.3 Å². The minimum absolute atomic E-state index is 0.485. The second kappa shape index (κ2) is 47.3. The van der Waals surface area contributed by atoms with Crippen LogP contribution in [0.25, 0.3) is 0 Å². The smallest absolute Gasteiger partial charge is 0.126 e. The van der Waals surface area contributed by atoms with Gasteiger partial charge in [-0.2, -0.15) is 0 Å². The standard InChI is InChI=1S/C13H27N.C8H15F.C7H14.C4H8.C3H6.4C2H6/c1-11-6-7-12(10-11)14(5)9-8-13(2,3)4;1-5-7(6-2)8(3,4)9;1-5-7(4)6(2)3;1-3-4-2;1-3-2;4*1-2/h11-12H,6-10H2,1-5H3;5H,6H2,1-4H3;5-6H,1-4H3;3H,1,4H2,2H3;3H,1H2,2H3;4*1-2H3/b;7-5-;7-5+;;;;;;. The van der Waals surface area contributed by atoms with E-state index < -0.39 is 5.67 Å². The number of allylic oxidation sites excluding steroid dienone is 6. The highest BCUT2D eigenvalue weighted by Gasteiger charge is 2.25. The predicted octanol–water partition coefficient (Wildman–Crippen LogP) is 16.1. The first-order chi connectivity index (χ1) is 20.9. The molecule has 0 aliphatic heterocycles. The van der Waals surface area contributed by atoms with Crippen LogP contribution < -0.4 is 0 Å². The monoisotopic (exact) mass is 644 g/mol. The van der Waals surface area contributed by atoms with Crippen LogP contribution in [0.15, 0.2) is 48.6 Å². The van der Waals surface area contributed by atoms with Gasteiger partial charge in [0.1, 0.15) is 5.67 Å².